The summed E-state index contributed by atoms with van der Waals surface area (Å²) in [4.78, 5) is 5.10. The number of benzene rings is 1. The first-order valence-corrected chi connectivity index (χ1v) is 7.68. The minimum absolute atomic E-state index is 0. The van der Waals surface area contributed by atoms with Crippen molar-refractivity contribution in [3.63, 3.8) is 0 Å². The Labute approximate surface area is 128 Å². The zero-order chi connectivity index (χ0) is 13.1. The quantitative estimate of drug-likeness (QED) is 0.925. The Kier molecular flexibility index (Phi) is 5.55. The number of rotatable bonds is 3. The monoisotopic (exact) mass is 295 g/mol. The average molecular weight is 296 g/mol. The number of nitrogens with one attached hydrogen (secondary N) is 1. The summed E-state index contributed by atoms with van der Waals surface area (Å²) in [6, 6.07) is 8.90. The van der Waals surface area contributed by atoms with E-state index < -0.39 is 0 Å². The first kappa shape index (κ1) is 15.5. The van der Waals surface area contributed by atoms with Crippen molar-refractivity contribution in [3.05, 3.63) is 24.3 Å². The highest BCUT2D eigenvalue weighted by molar-refractivity contribution is 5.85. The van der Waals surface area contributed by atoms with Crippen LogP contribution in [0, 0.1) is 5.92 Å². The van der Waals surface area contributed by atoms with Crippen LogP contribution in [0.2, 0.25) is 0 Å². The summed E-state index contributed by atoms with van der Waals surface area (Å²) < 4.78 is 0. The lowest BCUT2D eigenvalue weighted by molar-refractivity contribution is 0.373. The summed E-state index contributed by atoms with van der Waals surface area (Å²) in [5, 5.41) is 3.46. The van der Waals surface area contributed by atoms with Gasteiger partial charge in [0, 0.05) is 26.2 Å². The van der Waals surface area contributed by atoms with E-state index in [0.29, 0.717) is 0 Å². The minimum atomic E-state index is 0. The Bertz CT molecular complexity index is 418. The van der Waals surface area contributed by atoms with Crippen LogP contribution in [-0.4, -0.2) is 39.3 Å². The van der Waals surface area contributed by atoms with E-state index in [0.717, 1.165) is 12.5 Å². The third-order valence-corrected chi connectivity index (χ3v) is 4.52. The van der Waals surface area contributed by atoms with Gasteiger partial charge >= 0.3 is 0 Å². The second-order valence-corrected chi connectivity index (χ2v) is 5.71. The second-order valence-electron chi connectivity index (χ2n) is 5.71. The molecule has 0 spiro atoms. The van der Waals surface area contributed by atoms with Crippen LogP contribution in [0.4, 0.5) is 11.4 Å². The summed E-state index contributed by atoms with van der Waals surface area (Å²) in [5.74, 6) is 0.863. The average Bonchev–Trinajstić information content (AvgIpc) is 2.49. The number of hydrogen-bond acceptors (Lipinski definition) is 3. The molecule has 1 aromatic rings. The predicted octanol–water partition coefficient (Wildman–Crippen LogP) is 2.75. The molecule has 3 rings (SSSR count). The van der Waals surface area contributed by atoms with Crippen molar-refractivity contribution in [1.82, 2.24) is 5.32 Å². The molecule has 0 radical (unpaired) electrons. The SMILES string of the molecule is CCN1CCN(CC2CCNCC2)c2ccccc21.Cl. The highest BCUT2D eigenvalue weighted by Crippen LogP contribution is 2.33. The van der Waals surface area contributed by atoms with Crippen molar-refractivity contribution < 1.29 is 0 Å². The largest absolute Gasteiger partial charge is 0.368 e. The van der Waals surface area contributed by atoms with Crippen LogP contribution < -0.4 is 15.1 Å². The number of piperidine rings is 1. The summed E-state index contributed by atoms with van der Waals surface area (Å²) in [6.45, 7) is 9.32. The molecule has 20 heavy (non-hydrogen) atoms. The van der Waals surface area contributed by atoms with Gasteiger partial charge in [0.25, 0.3) is 0 Å². The lowest BCUT2D eigenvalue weighted by Gasteiger charge is -2.40. The second kappa shape index (κ2) is 7.19. The summed E-state index contributed by atoms with van der Waals surface area (Å²) in [5.41, 5.74) is 2.86. The van der Waals surface area contributed by atoms with E-state index in [4.69, 9.17) is 0 Å². The molecule has 1 fully saturated rings. The van der Waals surface area contributed by atoms with Crippen molar-refractivity contribution in [1.29, 1.82) is 0 Å². The molecule has 112 valence electrons. The van der Waals surface area contributed by atoms with E-state index in [1.54, 1.807) is 0 Å². The van der Waals surface area contributed by atoms with Crippen LogP contribution in [-0.2, 0) is 0 Å². The highest BCUT2D eigenvalue weighted by atomic mass is 35.5. The van der Waals surface area contributed by atoms with E-state index in [1.165, 1.54) is 56.9 Å². The van der Waals surface area contributed by atoms with Crippen LogP contribution >= 0.6 is 12.4 Å². The van der Waals surface area contributed by atoms with Gasteiger partial charge in [0.1, 0.15) is 0 Å². The molecule has 1 saturated heterocycles. The molecule has 3 nitrogen and oxygen atoms in total. The number of anilines is 2. The third kappa shape index (κ3) is 3.21. The Morgan fingerprint density at radius 2 is 1.65 bits per heavy atom. The van der Waals surface area contributed by atoms with Crippen molar-refractivity contribution in [3.8, 4) is 0 Å². The molecular weight excluding hydrogens is 270 g/mol. The molecule has 2 aliphatic heterocycles. The fourth-order valence-corrected chi connectivity index (χ4v) is 3.38. The van der Waals surface area contributed by atoms with Gasteiger partial charge in [-0.25, -0.2) is 0 Å². The molecule has 1 N–H and O–H groups in total. The highest BCUT2D eigenvalue weighted by Gasteiger charge is 2.24. The summed E-state index contributed by atoms with van der Waals surface area (Å²) in [7, 11) is 0. The Hall–Kier alpha value is -0.930. The van der Waals surface area contributed by atoms with Crippen LogP contribution in [0.1, 0.15) is 19.8 Å². The number of hydrogen-bond donors (Lipinski definition) is 1. The van der Waals surface area contributed by atoms with E-state index in [9.17, 15) is 0 Å². The maximum absolute atomic E-state index is 3.46. The molecule has 0 amide bonds. The van der Waals surface area contributed by atoms with Crippen LogP contribution in [0.3, 0.4) is 0 Å². The molecule has 0 saturated carbocycles. The fraction of sp³-hybridized carbons (Fsp3) is 0.625. The minimum Gasteiger partial charge on any atom is -0.368 e. The lowest BCUT2D eigenvalue weighted by Crippen LogP contribution is -2.44. The zero-order valence-electron chi connectivity index (χ0n) is 12.3. The van der Waals surface area contributed by atoms with Crippen LogP contribution in [0.5, 0.6) is 0 Å². The first-order chi connectivity index (χ1) is 9.38. The van der Waals surface area contributed by atoms with E-state index in [-0.39, 0.29) is 12.4 Å². The zero-order valence-corrected chi connectivity index (χ0v) is 13.2. The molecule has 0 aromatic heterocycles. The van der Waals surface area contributed by atoms with Gasteiger partial charge in [-0.05, 0) is 50.9 Å². The maximum Gasteiger partial charge on any atom is 0.0604 e. The van der Waals surface area contributed by atoms with Gasteiger partial charge in [-0.2, -0.15) is 0 Å². The number of para-hydroxylation sites is 2. The number of nitrogens with zero attached hydrogens (tertiary/aromatic N) is 2. The number of likely N-dealkylation sites (N-methyl/N-ethyl adjacent to an activating group) is 1. The smallest absolute Gasteiger partial charge is 0.0604 e. The molecule has 0 aliphatic carbocycles. The molecule has 4 heteroatoms. The van der Waals surface area contributed by atoms with Gasteiger partial charge < -0.3 is 15.1 Å². The lowest BCUT2D eigenvalue weighted by atomic mass is 9.96. The molecule has 0 unspecified atom stereocenters. The van der Waals surface area contributed by atoms with Gasteiger partial charge in [0.2, 0.25) is 0 Å². The molecular formula is C16H26ClN3. The van der Waals surface area contributed by atoms with Gasteiger partial charge in [0.15, 0.2) is 0 Å². The van der Waals surface area contributed by atoms with Crippen molar-refractivity contribution in [2.45, 2.75) is 19.8 Å². The van der Waals surface area contributed by atoms with Crippen LogP contribution in [0.15, 0.2) is 24.3 Å². The topological polar surface area (TPSA) is 18.5 Å². The van der Waals surface area contributed by atoms with Crippen molar-refractivity contribution in [2.75, 3.05) is 49.1 Å². The standard InChI is InChI=1S/C16H25N3.ClH/c1-2-18-11-12-19(13-14-7-9-17-10-8-14)16-6-4-3-5-15(16)18;/h3-6,14,17H,2,7-13H2,1H3;1H. The van der Waals surface area contributed by atoms with Gasteiger partial charge in [-0.3, -0.25) is 0 Å². The Morgan fingerprint density at radius 1 is 1.05 bits per heavy atom. The van der Waals surface area contributed by atoms with Crippen molar-refractivity contribution in [2.24, 2.45) is 5.92 Å². The Balaban J connectivity index is 0.00000147. The molecule has 1 aromatic carbocycles. The summed E-state index contributed by atoms with van der Waals surface area (Å²) in [6.07, 6.45) is 2.66. The van der Waals surface area contributed by atoms with Gasteiger partial charge in [0.05, 0.1) is 11.4 Å². The van der Waals surface area contributed by atoms with Crippen LogP contribution in [0.25, 0.3) is 0 Å². The Morgan fingerprint density at radius 3 is 2.30 bits per heavy atom. The molecule has 0 atom stereocenters. The number of halogens is 1. The molecule has 0 bridgehead atoms. The van der Waals surface area contributed by atoms with E-state index in [2.05, 4.69) is 46.3 Å². The predicted molar refractivity (Wildman–Crippen MR) is 89.4 cm³/mol. The van der Waals surface area contributed by atoms with E-state index in [1.807, 2.05) is 0 Å². The molecule has 2 aliphatic rings. The van der Waals surface area contributed by atoms with Gasteiger partial charge in [-0.15, -0.1) is 12.4 Å². The number of fused-ring (bicyclic) bond motifs is 1. The summed E-state index contributed by atoms with van der Waals surface area (Å²) >= 11 is 0. The van der Waals surface area contributed by atoms with Crippen molar-refractivity contribution >= 4 is 23.8 Å². The first-order valence-electron chi connectivity index (χ1n) is 7.68. The maximum atomic E-state index is 3.46. The van der Waals surface area contributed by atoms with E-state index >= 15 is 0 Å². The molecule has 2 heterocycles. The fourth-order valence-electron chi connectivity index (χ4n) is 3.38. The third-order valence-electron chi connectivity index (χ3n) is 4.52. The van der Waals surface area contributed by atoms with Gasteiger partial charge in [-0.1, -0.05) is 12.1 Å². The normalized spacial score (nSPS) is 19.4.